The average Bonchev–Trinajstić information content (AvgIpc) is 3.19. The molecule has 134 valence electrons. The molecule has 2 aromatic rings. The maximum atomic E-state index is 12.6. The van der Waals surface area contributed by atoms with E-state index in [2.05, 4.69) is 12.2 Å². The highest BCUT2D eigenvalue weighted by molar-refractivity contribution is 7.17. The SMILES string of the molecule is CCCc1cc(C(=O)Nc2sc3c(c2C(=O)OCC)CCCC3)cs1. The second-order valence-electron chi connectivity index (χ2n) is 6.14. The van der Waals surface area contributed by atoms with Crippen molar-refractivity contribution in [1.29, 1.82) is 0 Å². The molecule has 0 aromatic carbocycles. The summed E-state index contributed by atoms with van der Waals surface area (Å²) < 4.78 is 5.23. The van der Waals surface area contributed by atoms with E-state index in [0.29, 0.717) is 22.7 Å². The van der Waals surface area contributed by atoms with E-state index < -0.39 is 0 Å². The van der Waals surface area contributed by atoms with E-state index in [1.807, 2.05) is 11.4 Å². The van der Waals surface area contributed by atoms with E-state index >= 15 is 0 Å². The summed E-state index contributed by atoms with van der Waals surface area (Å²) in [6.45, 7) is 4.26. The molecule has 0 unspecified atom stereocenters. The highest BCUT2D eigenvalue weighted by Gasteiger charge is 2.27. The largest absolute Gasteiger partial charge is 0.462 e. The van der Waals surface area contributed by atoms with E-state index in [4.69, 9.17) is 4.74 Å². The molecule has 0 fully saturated rings. The number of thiophene rings is 2. The lowest BCUT2D eigenvalue weighted by atomic mass is 9.95. The zero-order valence-corrected chi connectivity index (χ0v) is 16.3. The standard InChI is InChI=1S/C19H23NO3S2/c1-3-7-13-10-12(11-24-13)17(21)20-18-16(19(22)23-4-2)14-8-5-6-9-15(14)25-18/h10-11H,3-9H2,1-2H3,(H,20,21). The molecule has 0 spiro atoms. The highest BCUT2D eigenvalue weighted by atomic mass is 32.1. The second kappa shape index (κ2) is 8.15. The molecule has 25 heavy (non-hydrogen) atoms. The summed E-state index contributed by atoms with van der Waals surface area (Å²) in [6.07, 6.45) is 6.12. The fourth-order valence-corrected chi connectivity index (χ4v) is 5.37. The van der Waals surface area contributed by atoms with Gasteiger partial charge in [0.15, 0.2) is 0 Å². The van der Waals surface area contributed by atoms with Crippen LogP contribution in [0.25, 0.3) is 0 Å². The maximum Gasteiger partial charge on any atom is 0.341 e. The molecule has 2 heterocycles. The van der Waals surface area contributed by atoms with Gasteiger partial charge in [0.05, 0.1) is 17.7 Å². The van der Waals surface area contributed by atoms with Gasteiger partial charge in [-0.25, -0.2) is 4.79 Å². The Hall–Kier alpha value is -1.66. The van der Waals surface area contributed by atoms with Crippen LogP contribution in [0.15, 0.2) is 11.4 Å². The van der Waals surface area contributed by atoms with Crippen LogP contribution in [0.5, 0.6) is 0 Å². The van der Waals surface area contributed by atoms with Gasteiger partial charge in [-0.3, -0.25) is 4.79 Å². The number of hydrogen-bond donors (Lipinski definition) is 1. The molecule has 0 saturated heterocycles. The van der Waals surface area contributed by atoms with Crippen LogP contribution in [0.2, 0.25) is 0 Å². The van der Waals surface area contributed by atoms with Crippen molar-refractivity contribution in [3.8, 4) is 0 Å². The Kier molecular flexibility index (Phi) is 5.91. The Morgan fingerprint density at radius 1 is 1.24 bits per heavy atom. The number of fused-ring (bicyclic) bond motifs is 1. The van der Waals surface area contributed by atoms with Crippen LogP contribution in [0, 0.1) is 0 Å². The molecule has 6 heteroatoms. The Morgan fingerprint density at radius 2 is 2.04 bits per heavy atom. The van der Waals surface area contributed by atoms with Gasteiger partial charge in [0, 0.05) is 15.1 Å². The smallest absolute Gasteiger partial charge is 0.341 e. The van der Waals surface area contributed by atoms with Gasteiger partial charge in [0.25, 0.3) is 5.91 Å². The summed E-state index contributed by atoms with van der Waals surface area (Å²) in [5.74, 6) is -0.475. The lowest BCUT2D eigenvalue weighted by Crippen LogP contribution is -2.15. The minimum absolute atomic E-state index is 0.150. The Morgan fingerprint density at radius 3 is 2.80 bits per heavy atom. The second-order valence-corrected chi connectivity index (χ2v) is 8.24. The normalized spacial score (nSPS) is 13.4. The van der Waals surface area contributed by atoms with Crippen molar-refractivity contribution in [2.45, 2.75) is 52.4 Å². The molecular weight excluding hydrogens is 354 g/mol. The van der Waals surface area contributed by atoms with Gasteiger partial charge in [0.1, 0.15) is 5.00 Å². The quantitative estimate of drug-likeness (QED) is 0.715. The number of ether oxygens (including phenoxy) is 1. The first-order valence-electron chi connectivity index (χ1n) is 8.84. The highest BCUT2D eigenvalue weighted by Crippen LogP contribution is 2.39. The Labute approximate surface area is 156 Å². The van der Waals surface area contributed by atoms with Crippen LogP contribution < -0.4 is 5.32 Å². The number of nitrogens with one attached hydrogen (secondary N) is 1. The summed E-state index contributed by atoms with van der Waals surface area (Å²) >= 11 is 3.14. The van der Waals surface area contributed by atoms with Crippen molar-refractivity contribution >= 4 is 39.6 Å². The topological polar surface area (TPSA) is 55.4 Å². The monoisotopic (exact) mass is 377 g/mol. The molecule has 1 aliphatic rings. The van der Waals surface area contributed by atoms with Crippen molar-refractivity contribution in [1.82, 2.24) is 0 Å². The summed E-state index contributed by atoms with van der Waals surface area (Å²) in [7, 11) is 0. The van der Waals surface area contributed by atoms with Crippen molar-refractivity contribution < 1.29 is 14.3 Å². The molecular formula is C19H23NO3S2. The number of aryl methyl sites for hydroxylation is 2. The summed E-state index contributed by atoms with van der Waals surface area (Å²) in [4.78, 5) is 27.5. The molecule has 0 radical (unpaired) electrons. The fourth-order valence-electron chi connectivity index (χ4n) is 3.13. The van der Waals surface area contributed by atoms with Crippen LogP contribution >= 0.6 is 22.7 Å². The van der Waals surface area contributed by atoms with Crippen molar-refractivity contribution in [3.63, 3.8) is 0 Å². The molecule has 0 saturated carbocycles. The number of hydrogen-bond acceptors (Lipinski definition) is 5. The molecule has 1 amide bonds. The number of carbonyl (C=O) groups excluding carboxylic acids is 2. The first kappa shape index (κ1) is 18.1. The number of esters is 1. The van der Waals surface area contributed by atoms with E-state index in [1.165, 1.54) is 21.1 Å². The molecule has 2 aromatic heterocycles. The van der Waals surface area contributed by atoms with Gasteiger partial charge in [-0.2, -0.15) is 0 Å². The van der Waals surface area contributed by atoms with E-state index in [9.17, 15) is 9.59 Å². The van der Waals surface area contributed by atoms with Crippen LogP contribution in [-0.4, -0.2) is 18.5 Å². The van der Waals surface area contributed by atoms with Gasteiger partial charge < -0.3 is 10.1 Å². The minimum Gasteiger partial charge on any atom is -0.462 e. The predicted octanol–water partition coefficient (Wildman–Crippen LogP) is 5.07. The first-order chi connectivity index (χ1) is 12.1. The molecule has 0 atom stereocenters. The summed E-state index contributed by atoms with van der Waals surface area (Å²) in [5.41, 5.74) is 2.30. The van der Waals surface area contributed by atoms with Gasteiger partial charge in [0.2, 0.25) is 0 Å². The predicted molar refractivity (Wildman–Crippen MR) is 103 cm³/mol. The lowest BCUT2D eigenvalue weighted by Gasteiger charge is -2.12. The van der Waals surface area contributed by atoms with E-state index in [1.54, 1.807) is 18.3 Å². The number of rotatable bonds is 6. The third kappa shape index (κ3) is 3.96. The average molecular weight is 378 g/mol. The molecule has 4 nitrogen and oxygen atoms in total. The Balaban J connectivity index is 1.86. The zero-order chi connectivity index (χ0) is 17.8. The van der Waals surface area contributed by atoms with Crippen LogP contribution in [0.4, 0.5) is 5.00 Å². The number of anilines is 1. The minimum atomic E-state index is -0.325. The third-order valence-corrected chi connectivity index (χ3v) is 6.49. The summed E-state index contributed by atoms with van der Waals surface area (Å²) in [6, 6.07) is 1.95. The maximum absolute atomic E-state index is 12.6. The van der Waals surface area contributed by atoms with E-state index in [-0.39, 0.29) is 11.9 Å². The fraction of sp³-hybridized carbons (Fsp3) is 0.474. The van der Waals surface area contributed by atoms with Crippen LogP contribution in [0.1, 0.15) is 69.1 Å². The summed E-state index contributed by atoms with van der Waals surface area (Å²) in [5, 5.41) is 5.49. The third-order valence-electron chi connectivity index (χ3n) is 4.29. The van der Waals surface area contributed by atoms with Gasteiger partial charge in [-0.05, 0) is 50.7 Å². The molecule has 3 rings (SSSR count). The molecule has 0 aliphatic heterocycles. The lowest BCUT2D eigenvalue weighted by molar-refractivity contribution is 0.0526. The first-order valence-corrected chi connectivity index (χ1v) is 10.5. The Bertz CT molecular complexity index is 776. The van der Waals surface area contributed by atoms with Crippen LogP contribution in [0.3, 0.4) is 0 Å². The van der Waals surface area contributed by atoms with Gasteiger partial charge >= 0.3 is 5.97 Å². The zero-order valence-electron chi connectivity index (χ0n) is 14.6. The molecule has 0 bridgehead atoms. The molecule has 1 aliphatic carbocycles. The van der Waals surface area contributed by atoms with Crippen LogP contribution in [-0.2, 0) is 24.0 Å². The number of carbonyl (C=O) groups is 2. The van der Waals surface area contributed by atoms with Crippen molar-refractivity contribution in [2.75, 3.05) is 11.9 Å². The van der Waals surface area contributed by atoms with E-state index in [0.717, 1.165) is 44.1 Å². The van der Waals surface area contributed by atoms with Crippen molar-refractivity contribution in [2.24, 2.45) is 0 Å². The van der Waals surface area contributed by atoms with Gasteiger partial charge in [-0.1, -0.05) is 13.3 Å². The van der Waals surface area contributed by atoms with Gasteiger partial charge in [-0.15, -0.1) is 22.7 Å². The molecule has 1 N–H and O–H groups in total. The number of amides is 1. The van der Waals surface area contributed by atoms with Crippen molar-refractivity contribution in [3.05, 3.63) is 37.9 Å².